The lowest BCUT2D eigenvalue weighted by Gasteiger charge is -2.15. The summed E-state index contributed by atoms with van der Waals surface area (Å²) < 4.78 is 1.89. The molecule has 0 radical (unpaired) electrons. The maximum absolute atomic E-state index is 11.6. The van der Waals surface area contributed by atoms with Crippen LogP contribution in [0.25, 0.3) is 5.69 Å². The van der Waals surface area contributed by atoms with Crippen molar-refractivity contribution < 1.29 is 4.79 Å². The average molecular weight is 334 g/mol. The number of hydrogen-bond donors (Lipinski definition) is 1. The first-order valence-corrected chi connectivity index (χ1v) is 8.24. The number of benzene rings is 2. The van der Waals surface area contributed by atoms with E-state index in [1.54, 1.807) is 7.05 Å². The van der Waals surface area contributed by atoms with Crippen LogP contribution in [0.2, 0.25) is 0 Å². The highest BCUT2D eigenvalue weighted by molar-refractivity contribution is 5.93. The molecule has 1 amide bonds. The molecule has 3 aromatic rings. The second kappa shape index (κ2) is 7.77. The van der Waals surface area contributed by atoms with Crippen LogP contribution in [0.15, 0.2) is 67.0 Å². The number of amides is 1. The third kappa shape index (κ3) is 4.33. The summed E-state index contributed by atoms with van der Waals surface area (Å²) in [6.07, 6.45) is 3.96. The van der Waals surface area contributed by atoms with Crippen LogP contribution in [0.3, 0.4) is 0 Å². The molecular formula is C20H22N4O. The Labute approximate surface area is 147 Å². The third-order valence-electron chi connectivity index (χ3n) is 4.00. The van der Waals surface area contributed by atoms with E-state index in [1.807, 2.05) is 65.5 Å². The van der Waals surface area contributed by atoms with Crippen LogP contribution in [-0.4, -0.2) is 34.7 Å². The number of nitrogens with one attached hydrogen (secondary N) is 1. The number of aromatic nitrogens is 2. The quantitative estimate of drug-likeness (QED) is 0.754. The molecule has 0 aliphatic heterocycles. The minimum atomic E-state index is -0.0618. The zero-order chi connectivity index (χ0) is 17.6. The van der Waals surface area contributed by atoms with Gasteiger partial charge in [-0.15, -0.1) is 0 Å². The molecule has 0 bridgehead atoms. The molecule has 1 aromatic heterocycles. The summed E-state index contributed by atoms with van der Waals surface area (Å²) in [5, 5.41) is 7.06. The minimum absolute atomic E-state index is 0.0618. The molecule has 1 heterocycles. The smallest absolute Gasteiger partial charge is 0.251 e. The van der Waals surface area contributed by atoms with Gasteiger partial charge in [0.25, 0.3) is 5.91 Å². The normalized spacial score (nSPS) is 10.8. The molecule has 0 unspecified atom stereocenters. The van der Waals surface area contributed by atoms with Crippen molar-refractivity contribution in [3.63, 3.8) is 0 Å². The van der Waals surface area contributed by atoms with E-state index >= 15 is 0 Å². The molecule has 5 nitrogen and oxygen atoms in total. The summed E-state index contributed by atoms with van der Waals surface area (Å²) in [4.78, 5) is 13.8. The van der Waals surface area contributed by atoms with Crippen molar-refractivity contribution in [1.82, 2.24) is 20.0 Å². The molecule has 0 atom stereocenters. The zero-order valence-corrected chi connectivity index (χ0v) is 14.5. The van der Waals surface area contributed by atoms with Gasteiger partial charge >= 0.3 is 0 Å². The van der Waals surface area contributed by atoms with E-state index in [4.69, 9.17) is 0 Å². The van der Waals surface area contributed by atoms with Crippen molar-refractivity contribution >= 4 is 5.91 Å². The van der Waals surface area contributed by atoms with E-state index in [0.717, 1.165) is 24.3 Å². The Morgan fingerprint density at radius 2 is 1.72 bits per heavy atom. The fourth-order valence-corrected chi connectivity index (χ4v) is 2.75. The van der Waals surface area contributed by atoms with Crippen LogP contribution >= 0.6 is 0 Å². The lowest BCUT2D eigenvalue weighted by molar-refractivity contribution is 0.0963. The standard InChI is InChI=1S/C20H22N4O/c1-21-20(25)18-10-8-16(9-11-18)13-23(2)14-17-12-22-24(15-17)19-6-4-3-5-7-19/h3-12,15H,13-14H2,1-2H3,(H,21,25). The van der Waals surface area contributed by atoms with E-state index < -0.39 is 0 Å². The summed E-state index contributed by atoms with van der Waals surface area (Å²) in [5.74, 6) is -0.0618. The molecule has 0 aliphatic carbocycles. The van der Waals surface area contributed by atoms with Gasteiger partial charge in [0.2, 0.25) is 0 Å². The topological polar surface area (TPSA) is 50.2 Å². The Balaban J connectivity index is 1.60. The first-order valence-electron chi connectivity index (χ1n) is 8.24. The Kier molecular flexibility index (Phi) is 5.26. The van der Waals surface area contributed by atoms with Crippen LogP contribution in [-0.2, 0) is 13.1 Å². The van der Waals surface area contributed by atoms with E-state index in [2.05, 4.69) is 28.6 Å². The number of rotatable bonds is 6. The van der Waals surface area contributed by atoms with Crippen LogP contribution in [0, 0.1) is 0 Å². The average Bonchev–Trinajstić information content (AvgIpc) is 3.10. The SMILES string of the molecule is CNC(=O)c1ccc(CN(C)Cc2cnn(-c3ccccc3)c2)cc1. The number of carbonyl (C=O) groups excluding carboxylic acids is 1. The van der Waals surface area contributed by atoms with E-state index in [9.17, 15) is 4.79 Å². The van der Waals surface area contributed by atoms with Crippen molar-refractivity contribution in [2.75, 3.05) is 14.1 Å². The van der Waals surface area contributed by atoms with Gasteiger partial charge < -0.3 is 5.32 Å². The molecule has 0 saturated heterocycles. The van der Waals surface area contributed by atoms with Crippen LogP contribution in [0.4, 0.5) is 0 Å². The van der Waals surface area contributed by atoms with E-state index in [0.29, 0.717) is 5.56 Å². The van der Waals surface area contributed by atoms with E-state index in [-0.39, 0.29) is 5.91 Å². The van der Waals surface area contributed by atoms with Crippen LogP contribution in [0.1, 0.15) is 21.5 Å². The maximum atomic E-state index is 11.6. The molecule has 128 valence electrons. The van der Waals surface area contributed by atoms with Gasteiger partial charge in [-0.25, -0.2) is 4.68 Å². The van der Waals surface area contributed by atoms with Gasteiger partial charge in [-0.3, -0.25) is 9.69 Å². The van der Waals surface area contributed by atoms with Gasteiger partial charge in [-0.05, 0) is 36.9 Å². The molecule has 25 heavy (non-hydrogen) atoms. The predicted molar refractivity (Wildman–Crippen MR) is 98.6 cm³/mol. The minimum Gasteiger partial charge on any atom is -0.355 e. The molecule has 0 saturated carbocycles. The molecule has 1 N–H and O–H groups in total. The maximum Gasteiger partial charge on any atom is 0.251 e. The van der Waals surface area contributed by atoms with Crippen molar-refractivity contribution in [3.8, 4) is 5.69 Å². The largest absolute Gasteiger partial charge is 0.355 e. The highest BCUT2D eigenvalue weighted by Gasteiger charge is 2.07. The molecule has 3 rings (SSSR count). The molecular weight excluding hydrogens is 312 g/mol. The Bertz CT molecular complexity index is 824. The second-order valence-electron chi connectivity index (χ2n) is 6.08. The number of nitrogens with zero attached hydrogens (tertiary/aromatic N) is 3. The molecule has 0 aliphatic rings. The number of para-hydroxylation sites is 1. The van der Waals surface area contributed by atoms with Gasteiger partial charge in [0.05, 0.1) is 11.9 Å². The molecule has 5 heteroatoms. The summed E-state index contributed by atoms with van der Waals surface area (Å²) >= 11 is 0. The van der Waals surface area contributed by atoms with Gasteiger partial charge in [0, 0.05) is 37.5 Å². The van der Waals surface area contributed by atoms with Gasteiger partial charge in [-0.1, -0.05) is 30.3 Å². The first kappa shape index (κ1) is 16.9. The molecule has 0 spiro atoms. The second-order valence-corrected chi connectivity index (χ2v) is 6.08. The fourth-order valence-electron chi connectivity index (χ4n) is 2.75. The first-order chi connectivity index (χ1) is 12.2. The third-order valence-corrected chi connectivity index (χ3v) is 4.00. The van der Waals surface area contributed by atoms with Crippen molar-refractivity contribution in [2.45, 2.75) is 13.1 Å². The number of carbonyl (C=O) groups is 1. The summed E-state index contributed by atoms with van der Waals surface area (Å²) in [6.45, 7) is 1.62. The Morgan fingerprint density at radius 1 is 1.04 bits per heavy atom. The predicted octanol–water partition coefficient (Wildman–Crippen LogP) is 2.86. The van der Waals surface area contributed by atoms with Gasteiger partial charge in [0.1, 0.15) is 0 Å². The van der Waals surface area contributed by atoms with E-state index in [1.165, 1.54) is 5.56 Å². The Morgan fingerprint density at radius 3 is 2.40 bits per heavy atom. The summed E-state index contributed by atoms with van der Waals surface area (Å²) in [5.41, 5.74) is 4.07. The van der Waals surface area contributed by atoms with Crippen molar-refractivity contribution in [2.24, 2.45) is 0 Å². The van der Waals surface area contributed by atoms with Crippen LogP contribution < -0.4 is 5.32 Å². The van der Waals surface area contributed by atoms with Crippen molar-refractivity contribution in [3.05, 3.63) is 83.7 Å². The fraction of sp³-hybridized carbons (Fsp3) is 0.200. The molecule has 2 aromatic carbocycles. The Hall–Kier alpha value is -2.92. The van der Waals surface area contributed by atoms with Gasteiger partial charge in [0.15, 0.2) is 0 Å². The lowest BCUT2D eigenvalue weighted by Crippen LogP contribution is -2.19. The van der Waals surface area contributed by atoms with Crippen LogP contribution in [0.5, 0.6) is 0 Å². The summed E-state index contributed by atoms with van der Waals surface area (Å²) in [7, 11) is 3.71. The van der Waals surface area contributed by atoms with Crippen molar-refractivity contribution in [1.29, 1.82) is 0 Å². The molecule has 0 fully saturated rings. The highest BCUT2D eigenvalue weighted by Crippen LogP contribution is 2.12. The zero-order valence-electron chi connectivity index (χ0n) is 14.5. The highest BCUT2D eigenvalue weighted by atomic mass is 16.1. The monoisotopic (exact) mass is 334 g/mol. The number of hydrogen-bond acceptors (Lipinski definition) is 3. The lowest BCUT2D eigenvalue weighted by atomic mass is 10.1. The summed E-state index contributed by atoms with van der Waals surface area (Å²) in [6, 6.07) is 17.8. The van der Waals surface area contributed by atoms with Gasteiger partial charge in [-0.2, -0.15) is 5.10 Å².